The maximum atomic E-state index is 12.1. The van der Waals surface area contributed by atoms with Gasteiger partial charge < -0.3 is 9.88 Å². The van der Waals surface area contributed by atoms with Gasteiger partial charge in [-0.2, -0.15) is 0 Å². The van der Waals surface area contributed by atoms with Gasteiger partial charge in [0.1, 0.15) is 10.6 Å². The van der Waals surface area contributed by atoms with Crippen molar-refractivity contribution < 1.29 is 13.2 Å². The molecule has 7 heteroatoms. The Labute approximate surface area is 124 Å². The minimum atomic E-state index is -3.82. The van der Waals surface area contributed by atoms with Gasteiger partial charge in [-0.3, -0.25) is 4.79 Å². The first-order chi connectivity index (χ1) is 9.25. The highest BCUT2D eigenvalue weighted by Gasteiger charge is 2.19. The summed E-state index contributed by atoms with van der Waals surface area (Å²) in [4.78, 5) is 12.1. The van der Waals surface area contributed by atoms with Crippen LogP contribution in [0.2, 0.25) is 0 Å². The topological polar surface area (TPSA) is 68.2 Å². The van der Waals surface area contributed by atoms with E-state index >= 15 is 0 Å². The van der Waals surface area contributed by atoms with Gasteiger partial charge in [-0.05, 0) is 24.8 Å². The second kappa shape index (κ2) is 7.13. The summed E-state index contributed by atoms with van der Waals surface area (Å²) in [5.74, 6) is 0.224. The zero-order valence-corrected chi connectivity index (χ0v) is 13.6. The van der Waals surface area contributed by atoms with Gasteiger partial charge in [0.2, 0.25) is 0 Å². The van der Waals surface area contributed by atoms with E-state index in [4.69, 9.17) is 10.7 Å². The Morgan fingerprint density at radius 2 is 2.10 bits per heavy atom. The lowest BCUT2D eigenvalue weighted by Gasteiger charge is -2.09. The first-order valence-corrected chi connectivity index (χ1v) is 8.99. The van der Waals surface area contributed by atoms with E-state index in [0.717, 1.165) is 12.8 Å². The standard InChI is InChI=1S/C13H21ClN2O3S/c1-4-7-16-9-11(20(14,18)19)8-12(16)13(17)15-6-5-10(2)3/h8-10H,4-7H2,1-3H3,(H,15,17). The average molecular weight is 321 g/mol. The van der Waals surface area contributed by atoms with Crippen molar-refractivity contribution in [3.8, 4) is 0 Å². The number of halogens is 1. The zero-order chi connectivity index (χ0) is 15.3. The van der Waals surface area contributed by atoms with Crippen molar-refractivity contribution in [1.29, 1.82) is 0 Å². The second-order valence-electron chi connectivity index (χ2n) is 5.13. The quantitative estimate of drug-likeness (QED) is 0.785. The van der Waals surface area contributed by atoms with E-state index in [0.29, 0.717) is 24.7 Å². The number of aromatic nitrogens is 1. The third kappa shape index (κ3) is 4.83. The molecule has 0 atom stereocenters. The molecule has 0 saturated heterocycles. The molecule has 0 aliphatic heterocycles. The van der Waals surface area contributed by atoms with Crippen molar-refractivity contribution >= 4 is 25.6 Å². The number of aryl methyl sites for hydroxylation is 1. The summed E-state index contributed by atoms with van der Waals surface area (Å²) in [5.41, 5.74) is 0.329. The van der Waals surface area contributed by atoms with E-state index in [-0.39, 0.29) is 10.8 Å². The monoisotopic (exact) mass is 320 g/mol. The Kier molecular flexibility index (Phi) is 6.07. The number of rotatable bonds is 7. The first-order valence-electron chi connectivity index (χ1n) is 6.68. The molecule has 0 unspecified atom stereocenters. The minimum Gasteiger partial charge on any atom is -0.351 e. The fourth-order valence-electron chi connectivity index (χ4n) is 1.80. The zero-order valence-electron chi connectivity index (χ0n) is 12.0. The lowest BCUT2D eigenvalue weighted by Crippen LogP contribution is -2.27. The summed E-state index contributed by atoms with van der Waals surface area (Å²) in [6.07, 6.45) is 3.08. The van der Waals surface area contributed by atoms with Gasteiger partial charge in [-0.25, -0.2) is 8.42 Å². The Morgan fingerprint density at radius 1 is 1.45 bits per heavy atom. The van der Waals surface area contributed by atoms with Crippen LogP contribution in [0.1, 0.15) is 44.1 Å². The molecule has 0 aliphatic rings. The van der Waals surface area contributed by atoms with E-state index in [1.165, 1.54) is 12.3 Å². The molecule has 1 aromatic heterocycles. The highest BCUT2D eigenvalue weighted by atomic mass is 35.7. The molecule has 0 saturated carbocycles. The van der Waals surface area contributed by atoms with Crippen LogP contribution in [0, 0.1) is 5.92 Å². The second-order valence-corrected chi connectivity index (χ2v) is 7.70. The SMILES string of the molecule is CCCn1cc(S(=O)(=O)Cl)cc1C(=O)NCCC(C)C. The molecule has 0 aromatic carbocycles. The average Bonchev–Trinajstić information content (AvgIpc) is 2.72. The fraction of sp³-hybridized carbons (Fsp3) is 0.615. The number of hydrogen-bond acceptors (Lipinski definition) is 3. The summed E-state index contributed by atoms with van der Waals surface area (Å²) in [6.45, 7) is 7.24. The summed E-state index contributed by atoms with van der Waals surface area (Å²) in [5, 5.41) is 2.80. The maximum Gasteiger partial charge on any atom is 0.267 e. The molecule has 0 bridgehead atoms. The van der Waals surface area contributed by atoms with E-state index in [2.05, 4.69) is 19.2 Å². The van der Waals surface area contributed by atoms with Crippen LogP contribution in [0.4, 0.5) is 0 Å². The molecule has 20 heavy (non-hydrogen) atoms. The summed E-state index contributed by atoms with van der Waals surface area (Å²) < 4.78 is 24.3. The molecule has 1 heterocycles. The predicted octanol–water partition coefficient (Wildman–Crippen LogP) is 2.60. The molecule has 1 amide bonds. The number of amides is 1. The van der Waals surface area contributed by atoms with Crippen LogP contribution in [0.5, 0.6) is 0 Å². The van der Waals surface area contributed by atoms with E-state index in [1.54, 1.807) is 4.57 Å². The molecule has 1 aromatic rings. The van der Waals surface area contributed by atoms with Gasteiger partial charge in [-0.15, -0.1) is 0 Å². The third-order valence-electron chi connectivity index (χ3n) is 2.86. The Balaban J connectivity index is 2.91. The van der Waals surface area contributed by atoms with E-state index < -0.39 is 9.05 Å². The number of nitrogens with zero attached hydrogens (tertiary/aromatic N) is 1. The summed E-state index contributed by atoms with van der Waals surface area (Å²) in [6, 6.07) is 1.32. The molecule has 1 rings (SSSR count). The van der Waals surface area contributed by atoms with Gasteiger partial charge in [0.15, 0.2) is 0 Å². The van der Waals surface area contributed by atoms with Crippen LogP contribution in [-0.4, -0.2) is 25.4 Å². The van der Waals surface area contributed by atoms with E-state index in [1.807, 2.05) is 6.92 Å². The largest absolute Gasteiger partial charge is 0.351 e. The van der Waals surface area contributed by atoms with Crippen LogP contribution in [0.15, 0.2) is 17.2 Å². The number of carbonyl (C=O) groups is 1. The van der Waals surface area contributed by atoms with Crippen LogP contribution < -0.4 is 5.32 Å². The normalized spacial score (nSPS) is 11.8. The highest BCUT2D eigenvalue weighted by Crippen LogP contribution is 2.19. The molecular weight excluding hydrogens is 300 g/mol. The molecule has 5 nitrogen and oxygen atoms in total. The Bertz CT molecular complexity index is 564. The molecule has 0 spiro atoms. The molecule has 1 N–H and O–H groups in total. The fourth-order valence-corrected chi connectivity index (χ4v) is 2.56. The summed E-state index contributed by atoms with van der Waals surface area (Å²) >= 11 is 0. The van der Waals surface area contributed by atoms with Crippen molar-refractivity contribution in [2.45, 2.75) is 45.1 Å². The Hall–Kier alpha value is -1.01. The van der Waals surface area contributed by atoms with Gasteiger partial charge >= 0.3 is 0 Å². The van der Waals surface area contributed by atoms with Crippen LogP contribution in [0.3, 0.4) is 0 Å². The number of hydrogen-bond donors (Lipinski definition) is 1. The molecular formula is C13H21ClN2O3S. The number of carbonyl (C=O) groups excluding carboxylic acids is 1. The van der Waals surface area contributed by atoms with Crippen LogP contribution in [0.25, 0.3) is 0 Å². The van der Waals surface area contributed by atoms with E-state index in [9.17, 15) is 13.2 Å². The highest BCUT2D eigenvalue weighted by molar-refractivity contribution is 8.13. The lowest BCUT2D eigenvalue weighted by molar-refractivity contribution is 0.0942. The van der Waals surface area contributed by atoms with Gasteiger partial charge in [-0.1, -0.05) is 20.8 Å². The predicted molar refractivity (Wildman–Crippen MR) is 79.6 cm³/mol. The van der Waals surface area contributed by atoms with Crippen molar-refractivity contribution in [1.82, 2.24) is 9.88 Å². The molecule has 0 radical (unpaired) electrons. The number of nitrogens with one attached hydrogen (secondary N) is 1. The molecule has 0 aliphatic carbocycles. The molecule has 0 fully saturated rings. The Morgan fingerprint density at radius 3 is 2.60 bits per heavy atom. The van der Waals surface area contributed by atoms with Gasteiger partial charge in [0, 0.05) is 30.0 Å². The summed E-state index contributed by atoms with van der Waals surface area (Å²) in [7, 11) is 1.50. The minimum absolute atomic E-state index is 0.0402. The lowest BCUT2D eigenvalue weighted by atomic mass is 10.1. The third-order valence-corrected chi connectivity index (χ3v) is 4.18. The molecule has 114 valence electrons. The van der Waals surface area contributed by atoms with Crippen molar-refractivity contribution in [3.63, 3.8) is 0 Å². The van der Waals surface area contributed by atoms with Gasteiger partial charge in [0.25, 0.3) is 15.0 Å². The van der Waals surface area contributed by atoms with Crippen molar-refractivity contribution in [2.75, 3.05) is 6.54 Å². The van der Waals surface area contributed by atoms with Crippen LogP contribution >= 0.6 is 10.7 Å². The maximum absolute atomic E-state index is 12.1. The van der Waals surface area contributed by atoms with Crippen molar-refractivity contribution in [2.24, 2.45) is 5.92 Å². The van der Waals surface area contributed by atoms with Gasteiger partial charge in [0.05, 0.1) is 0 Å². The van der Waals surface area contributed by atoms with Crippen molar-refractivity contribution in [3.05, 3.63) is 18.0 Å². The first kappa shape index (κ1) is 17.0. The smallest absolute Gasteiger partial charge is 0.267 e. The van der Waals surface area contributed by atoms with Crippen LogP contribution in [-0.2, 0) is 15.6 Å².